The Bertz CT molecular complexity index is 889. The average molecular weight is 415 g/mol. The number of methoxy groups -OCH3 is 2. The van der Waals surface area contributed by atoms with Crippen LogP contribution in [0.15, 0.2) is 24.5 Å². The Kier molecular flexibility index (Phi) is 6.91. The van der Waals surface area contributed by atoms with E-state index in [1.165, 1.54) is 14.2 Å². The summed E-state index contributed by atoms with van der Waals surface area (Å²) in [5.74, 6) is 1.51. The Morgan fingerprint density at radius 3 is 2.50 bits per heavy atom. The second-order valence-electron chi connectivity index (χ2n) is 7.31. The van der Waals surface area contributed by atoms with Gasteiger partial charge in [0.2, 0.25) is 17.7 Å². The first-order chi connectivity index (χ1) is 14.4. The van der Waals surface area contributed by atoms with Crippen molar-refractivity contribution in [2.24, 2.45) is 0 Å². The average Bonchev–Trinajstić information content (AvgIpc) is 3.17. The molecule has 0 unspecified atom stereocenters. The number of amides is 2. The molecule has 0 spiro atoms. The van der Waals surface area contributed by atoms with Crippen molar-refractivity contribution in [3.05, 3.63) is 35.9 Å². The van der Waals surface area contributed by atoms with Crippen molar-refractivity contribution < 1.29 is 19.1 Å². The number of piperidine rings is 1. The van der Waals surface area contributed by atoms with Gasteiger partial charge in [0, 0.05) is 57.6 Å². The highest BCUT2D eigenvalue weighted by Crippen LogP contribution is 2.24. The van der Waals surface area contributed by atoms with Gasteiger partial charge in [-0.15, -0.1) is 0 Å². The zero-order chi connectivity index (χ0) is 21.7. The SMILES string of the molecule is COc1ccc(C(=O)N2CCC(N(CCn3ccnc3C)C(C)=O)CC2)c(OC)n1. The molecule has 30 heavy (non-hydrogen) atoms. The Labute approximate surface area is 176 Å². The van der Waals surface area contributed by atoms with Crippen LogP contribution >= 0.6 is 0 Å². The molecule has 162 valence electrons. The van der Waals surface area contributed by atoms with Gasteiger partial charge in [0.25, 0.3) is 5.91 Å². The lowest BCUT2D eigenvalue weighted by Crippen LogP contribution is -2.49. The van der Waals surface area contributed by atoms with E-state index in [0.29, 0.717) is 37.6 Å². The first-order valence-electron chi connectivity index (χ1n) is 10.1. The van der Waals surface area contributed by atoms with Crippen LogP contribution in [-0.4, -0.2) is 76.0 Å². The van der Waals surface area contributed by atoms with Crippen molar-refractivity contribution >= 4 is 11.8 Å². The van der Waals surface area contributed by atoms with Crippen molar-refractivity contribution in [3.63, 3.8) is 0 Å². The highest BCUT2D eigenvalue weighted by atomic mass is 16.5. The molecule has 2 aromatic heterocycles. The smallest absolute Gasteiger partial charge is 0.259 e. The third-order valence-electron chi connectivity index (χ3n) is 5.57. The van der Waals surface area contributed by atoms with Crippen LogP contribution in [-0.2, 0) is 11.3 Å². The lowest BCUT2D eigenvalue weighted by Gasteiger charge is -2.38. The summed E-state index contributed by atoms with van der Waals surface area (Å²) in [4.78, 5) is 37.4. The molecule has 3 rings (SSSR count). The summed E-state index contributed by atoms with van der Waals surface area (Å²) in [6.07, 6.45) is 5.16. The maximum absolute atomic E-state index is 13.0. The highest BCUT2D eigenvalue weighted by Gasteiger charge is 2.30. The van der Waals surface area contributed by atoms with E-state index in [1.807, 2.05) is 22.6 Å². The summed E-state index contributed by atoms with van der Waals surface area (Å²) >= 11 is 0. The molecular weight excluding hydrogens is 386 g/mol. The van der Waals surface area contributed by atoms with Crippen LogP contribution in [0.5, 0.6) is 11.8 Å². The topological polar surface area (TPSA) is 89.8 Å². The van der Waals surface area contributed by atoms with Gasteiger partial charge in [0.05, 0.1) is 14.2 Å². The van der Waals surface area contributed by atoms with E-state index in [0.717, 1.165) is 18.7 Å². The molecule has 0 aromatic carbocycles. The quantitative estimate of drug-likeness (QED) is 0.685. The fourth-order valence-corrected chi connectivity index (χ4v) is 3.86. The van der Waals surface area contributed by atoms with E-state index in [4.69, 9.17) is 9.47 Å². The number of hydrogen-bond acceptors (Lipinski definition) is 6. The van der Waals surface area contributed by atoms with Gasteiger partial charge in [-0.25, -0.2) is 4.98 Å². The van der Waals surface area contributed by atoms with E-state index in [9.17, 15) is 9.59 Å². The molecule has 1 fully saturated rings. The number of carbonyl (C=O) groups is 2. The Morgan fingerprint density at radius 1 is 1.20 bits per heavy atom. The molecule has 0 atom stereocenters. The molecule has 2 aromatic rings. The number of rotatable bonds is 7. The van der Waals surface area contributed by atoms with Gasteiger partial charge in [-0.1, -0.05) is 0 Å². The highest BCUT2D eigenvalue weighted by molar-refractivity contribution is 5.96. The summed E-state index contributed by atoms with van der Waals surface area (Å²) < 4.78 is 12.4. The van der Waals surface area contributed by atoms with Gasteiger partial charge in [-0.05, 0) is 25.8 Å². The number of aryl methyl sites for hydroxylation is 1. The monoisotopic (exact) mass is 415 g/mol. The maximum Gasteiger partial charge on any atom is 0.259 e. The largest absolute Gasteiger partial charge is 0.481 e. The van der Waals surface area contributed by atoms with Crippen LogP contribution in [0.25, 0.3) is 0 Å². The van der Waals surface area contributed by atoms with Crippen LogP contribution in [0.2, 0.25) is 0 Å². The molecule has 0 bridgehead atoms. The number of aromatic nitrogens is 3. The van der Waals surface area contributed by atoms with Gasteiger partial charge in [0.15, 0.2) is 0 Å². The van der Waals surface area contributed by atoms with Crippen molar-refractivity contribution in [2.75, 3.05) is 33.9 Å². The van der Waals surface area contributed by atoms with E-state index in [1.54, 1.807) is 30.2 Å². The molecule has 0 N–H and O–H groups in total. The molecule has 1 aliphatic rings. The number of nitrogens with zero attached hydrogens (tertiary/aromatic N) is 5. The number of hydrogen-bond donors (Lipinski definition) is 0. The van der Waals surface area contributed by atoms with Crippen LogP contribution in [0, 0.1) is 6.92 Å². The van der Waals surface area contributed by atoms with Crippen LogP contribution in [0.3, 0.4) is 0 Å². The number of imidazole rings is 1. The van der Waals surface area contributed by atoms with Gasteiger partial charge >= 0.3 is 0 Å². The molecule has 0 saturated carbocycles. The second kappa shape index (κ2) is 9.60. The Hall–Kier alpha value is -3.10. The third-order valence-corrected chi connectivity index (χ3v) is 5.57. The van der Waals surface area contributed by atoms with Gasteiger partial charge in [0.1, 0.15) is 11.4 Å². The summed E-state index contributed by atoms with van der Waals surface area (Å²) in [7, 11) is 3.00. The number of likely N-dealkylation sites (tertiary alicyclic amines) is 1. The van der Waals surface area contributed by atoms with E-state index < -0.39 is 0 Å². The summed E-state index contributed by atoms with van der Waals surface area (Å²) in [5.41, 5.74) is 0.413. The lowest BCUT2D eigenvalue weighted by molar-refractivity contribution is -0.132. The molecule has 9 nitrogen and oxygen atoms in total. The summed E-state index contributed by atoms with van der Waals surface area (Å²) in [6, 6.07) is 3.44. The van der Waals surface area contributed by atoms with E-state index >= 15 is 0 Å². The minimum atomic E-state index is -0.121. The van der Waals surface area contributed by atoms with Crippen molar-refractivity contribution in [2.45, 2.75) is 39.3 Å². The first kappa shape index (κ1) is 21.6. The Morgan fingerprint density at radius 2 is 1.93 bits per heavy atom. The lowest BCUT2D eigenvalue weighted by atomic mass is 10.0. The molecule has 0 aliphatic carbocycles. The number of pyridine rings is 1. The predicted molar refractivity (Wildman–Crippen MR) is 111 cm³/mol. The normalized spacial score (nSPS) is 14.5. The fourth-order valence-electron chi connectivity index (χ4n) is 3.86. The predicted octanol–water partition coefficient (Wildman–Crippen LogP) is 1.76. The molecule has 1 aliphatic heterocycles. The number of carbonyl (C=O) groups excluding carboxylic acids is 2. The van der Waals surface area contributed by atoms with Crippen LogP contribution in [0.1, 0.15) is 35.9 Å². The van der Waals surface area contributed by atoms with E-state index in [-0.39, 0.29) is 23.7 Å². The molecule has 1 saturated heterocycles. The van der Waals surface area contributed by atoms with Gasteiger partial charge in [-0.3, -0.25) is 9.59 Å². The zero-order valence-corrected chi connectivity index (χ0v) is 18.0. The summed E-state index contributed by atoms with van der Waals surface area (Å²) in [5, 5.41) is 0. The molecule has 2 amide bonds. The summed E-state index contributed by atoms with van der Waals surface area (Å²) in [6.45, 7) is 6.04. The Balaban J connectivity index is 1.62. The zero-order valence-electron chi connectivity index (χ0n) is 18.0. The minimum Gasteiger partial charge on any atom is -0.481 e. The minimum absolute atomic E-state index is 0.0542. The fraction of sp³-hybridized carbons (Fsp3) is 0.524. The second-order valence-corrected chi connectivity index (χ2v) is 7.31. The third kappa shape index (κ3) is 4.72. The molecule has 3 heterocycles. The molecule has 9 heteroatoms. The standard InChI is InChI=1S/C21H29N5O4/c1-15-22-9-12-24(15)13-14-26(16(2)27)17-7-10-25(11-8-17)21(28)18-5-6-19(29-3)23-20(18)30-4/h5-6,9,12,17H,7-8,10-11,13-14H2,1-4H3. The van der Waals surface area contributed by atoms with Gasteiger partial charge < -0.3 is 23.8 Å². The van der Waals surface area contributed by atoms with Crippen molar-refractivity contribution in [1.82, 2.24) is 24.3 Å². The molecular formula is C21H29N5O4. The first-order valence-corrected chi connectivity index (χ1v) is 10.1. The van der Waals surface area contributed by atoms with Crippen LogP contribution < -0.4 is 9.47 Å². The van der Waals surface area contributed by atoms with Crippen molar-refractivity contribution in [1.29, 1.82) is 0 Å². The van der Waals surface area contributed by atoms with Gasteiger partial charge in [-0.2, -0.15) is 4.98 Å². The van der Waals surface area contributed by atoms with E-state index in [2.05, 4.69) is 9.97 Å². The number of ether oxygens (including phenoxy) is 2. The maximum atomic E-state index is 13.0. The molecule has 0 radical (unpaired) electrons. The van der Waals surface area contributed by atoms with Crippen LogP contribution in [0.4, 0.5) is 0 Å². The van der Waals surface area contributed by atoms with Crippen molar-refractivity contribution in [3.8, 4) is 11.8 Å².